The first-order valence-corrected chi connectivity index (χ1v) is 9.69. The zero-order chi connectivity index (χ0) is 19.9. The Morgan fingerprint density at radius 1 is 1.21 bits per heavy atom. The molecule has 0 atom stereocenters. The van der Waals surface area contributed by atoms with Gasteiger partial charge in [-0.3, -0.25) is 0 Å². The molecule has 1 N–H and O–H groups in total. The summed E-state index contributed by atoms with van der Waals surface area (Å²) >= 11 is 0. The highest BCUT2D eigenvalue weighted by molar-refractivity contribution is 5.90. The van der Waals surface area contributed by atoms with Crippen molar-refractivity contribution < 1.29 is 0 Å². The monoisotopic (exact) mass is 370 g/mol. The van der Waals surface area contributed by atoms with E-state index in [9.17, 15) is 0 Å². The molecule has 4 heteroatoms. The lowest BCUT2D eigenvalue weighted by atomic mass is 9.99. The first kappa shape index (κ1) is 19.6. The van der Waals surface area contributed by atoms with Crippen LogP contribution in [0.4, 0.5) is 5.82 Å². The van der Waals surface area contributed by atoms with Crippen molar-refractivity contribution in [1.82, 2.24) is 9.97 Å². The summed E-state index contributed by atoms with van der Waals surface area (Å²) in [6.07, 6.45) is 9.06. The second kappa shape index (κ2) is 9.14. The summed E-state index contributed by atoms with van der Waals surface area (Å²) in [5, 5.41) is 7.56. The molecular formula is C24H26N4. The fraction of sp³-hybridized carbons (Fsp3) is 0.292. The molecule has 0 fully saturated rings. The number of rotatable bonds is 4. The number of anilines is 1. The number of aromatic nitrogens is 2. The van der Waals surface area contributed by atoms with Crippen LogP contribution in [0.2, 0.25) is 0 Å². The largest absolute Gasteiger partial charge is 0.351 e. The van der Waals surface area contributed by atoms with Crippen molar-refractivity contribution in [3.05, 3.63) is 76.8 Å². The minimum Gasteiger partial charge on any atom is -0.351 e. The van der Waals surface area contributed by atoms with E-state index in [4.69, 9.17) is 5.41 Å². The van der Waals surface area contributed by atoms with Crippen molar-refractivity contribution >= 4 is 11.5 Å². The van der Waals surface area contributed by atoms with Gasteiger partial charge in [0, 0.05) is 24.4 Å². The fourth-order valence-corrected chi connectivity index (χ4v) is 3.28. The SMILES string of the molecule is CC=C(C#Cc1c(CC)ncnc1N1CCc2ccccc2C1)/C=C\C(C)=N. The molecule has 2 aromatic rings. The Morgan fingerprint density at radius 3 is 2.71 bits per heavy atom. The Hall–Kier alpha value is -3.19. The minimum absolute atomic E-state index is 0.506. The van der Waals surface area contributed by atoms with Gasteiger partial charge in [0.1, 0.15) is 12.1 Å². The number of hydrogen-bond acceptors (Lipinski definition) is 4. The third-order valence-corrected chi connectivity index (χ3v) is 4.83. The fourth-order valence-electron chi connectivity index (χ4n) is 3.28. The van der Waals surface area contributed by atoms with Crippen LogP contribution < -0.4 is 4.90 Å². The van der Waals surface area contributed by atoms with Gasteiger partial charge >= 0.3 is 0 Å². The van der Waals surface area contributed by atoms with E-state index in [0.717, 1.165) is 48.6 Å². The highest BCUT2D eigenvalue weighted by Crippen LogP contribution is 2.26. The molecule has 0 unspecified atom stereocenters. The van der Waals surface area contributed by atoms with Crippen LogP contribution in [0.3, 0.4) is 0 Å². The molecule has 1 aromatic heterocycles. The quantitative estimate of drug-likeness (QED) is 0.490. The number of hydrogen-bond donors (Lipinski definition) is 1. The first-order chi connectivity index (χ1) is 13.6. The Balaban J connectivity index is 1.97. The average molecular weight is 371 g/mol. The highest BCUT2D eigenvalue weighted by Gasteiger charge is 2.20. The highest BCUT2D eigenvalue weighted by atomic mass is 15.2. The minimum atomic E-state index is 0.506. The molecule has 28 heavy (non-hydrogen) atoms. The molecule has 0 spiro atoms. The van der Waals surface area contributed by atoms with E-state index < -0.39 is 0 Å². The van der Waals surface area contributed by atoms with Crippen LogP contribution >= 0.6 is 0 Å². The van der Waals surface area contributed by atoms with Gasteiger partial charge in [-0.05, 0) is 50.0 Å². The number of benzene rings is 1. The maximum Gasteiger partial charge on any atom is 0.148 e. The summed E-state index contributed by atoms with van der Waals surface area (Å²) in [7, 11) is 0. The molecule has 0 saturated carbocycles. The van der Waals surface area contributed by atoms with Gasteiger partial charge in [0.05, 0.1) is 11.3 Å². The van der Waals surface area contributed by atoms with E-state index in [1.165, 1.54) is 11.1 Å². The number of fused-ring (bicyclic) bond motifs is 1. The van der Waals surface area contributed by atoms with E-state index in [1.54, 1.807) is 19.3 Å². The number of nitrogens with zero attached hydrogens (tertiary/aromatic N) is 3. The number of allylic oxidation sites excluding steroid dienone is 4. The van der Waals surface area contributed by atoms with E-state index in [1.807, 2.05) is 19.1 Å². The van der Waals surface area contributed by atoms with E-state index in [-0.39, 0.29) is 0 Å². The molecule has 0 aliphatic carbocycles. The molecule has 142 valence electrons. The number of nitrogens with one attached hydrogen (secondary N) is 1. The summed E-state index contributed by atoms with van der Waals surface area (Å²) in [6, 6.07) is 8.60. The van der Waals surface area contributed by atoms with Crippen molar-refractivity contribution in [2.75, 3.05) is 11.4 Å². The van der Waals surface area contributed by atoms with Crippen LogP contribution in [-0.4, -0.2) is 22.2 Å². The second-order valence-corrected chi connectivity index (χ2v) is 6.82. The summed E-state index contributed by atoms with van der Waals surface area (Å²) in [5.74, 6) is 7.47. The lowest BCUT2D eigenvalue weighted by molar-refractivity contribution is 0.716. The van der Waals surface area contributed by atoms with Crippen molar-refractivity contribution in [3.63, 3.8) is 0 Å². The van der Waals surface area contributed by atoms with Gasteiger partial charge in [-0.1, -0.05) is 49.1 Å². The Bertz CT molecular complexity index is 989. The van der Waals surface area contributed by atoms with Gasteiger partial charge in [0.15, 0.2) is 0 Å². The third kappa shape index (κ3) is 4.55. The molecule has 2 heterocycles. The van der Waals surface area contributed by atoms with Crippen LogP contribution in [0.1, 0.15) is 43.2 Å². The molecule has 3 rings (SSSR count). The smallest absolute Gasteiger partial charge is 0.148 e. The third-order valence-electron chi connectivity index (χ3n) is 4.83. The average Bonchev–Trinajstić information content (AvgIpc) is 2.73. The maximum absolute atomic E-state index is 7.56. The molecule has 0 bridgehead atoms. The second-order valence-electron chi connectivity index (χ2n) is 6.82. The van der Waals surface area contributed by atoms with E-state index in [0.29, 0.717) is 5.71 Å². The van der Waals surface area contributed by atoms with Gasteiger partial charge in [0.2, 0.25) is 0 Å². The van der Waals surface area contributed by atoms with E-state index >= 15 is 0 Å². The zero-order valence-electron chi connectivity index (χ0n) is 16.8. The van der Waals surface area contributed by atoms with Crippen molar-refractivity contribution in [3.8, 4) is 11.8 Å². The standard InChI is InChI=1S/C24H26N4/c1-4-19(11-10-18(3)25)12-13-22-23(5-2)26-17-27-24(22)28-15-14-20-8-6-7-9-21(20)16-28/h4,6-11,17,25H,5,14-16H2,1-3H3/b11-10-,19-4?,25-18?. The molecule has 0 amide bonds. The van der Waals surface area contributed by atoms with Crippen LogP contribution in [0.15, 0.2) is 54.4 Å². The molecule has 1 aliphatic rings. The summed E-state index contributed by atoms with van der Waals surface area (Å²) in [6.45, 7) is 7.57. The summed E-state index contributed by atoms with van der Waals surface area (Å²) in [4.78, 5) is 11.4. The molecule has 4 nitrogen and oxygen atoms in total. The normalized spacial score (nSPS) is 13.8. The summed E-state index contributed by atoms with van der Waals surface area (Å²) < 4.78 is 0. The van der Waals surface area contributed by atoms with Gasteiger partial charge < -0.3 is 10.3 Å². The lowest BCUT2D eigenvalue weighted by Crippen LogP contribution is -2.32. The zero-order valence-corrected chi connectivity index (χ0v) is 16.8. The molecule has 1 aliphatic heterocycles. The first-order valence-electron chi connectivity index (χ1n) is 9.69. The van der Waals surface area contributed by atoms with Crippen LogP contribution in [0, 0.1) is 17.3 Å². The lowest BCUT2D eigenvalue weighted by Gasteiger charge is -2.30. The van der Waals surface area contributed by atoms with Crippen LogP contribution in [-0.2, 0) is 19.4 Å². The molecule has 0 radical (unpaired) electrons. The molecule has 0 saturated heterocycles. The van der Waals surface area contributed by atoms with Gasteiger partial charge in [-0.25, -0.2) is 9.97 Å². The maximum atomic E-state index is 7.56. The summed E-state index contributed by atoms with van der Waals surface area (Å²) in [5.41, 5.74) is 6.03. The van der Waals surface area contributed by atoms with Crippen molar-refractivity contribution in [2.45, 2.75) is 40.2 Å². The molecule has 1 aromatic carbocycles. The Kier molecular flexibility index (Phi) is 6.39. The van der Waals surface area contributed by atoms with Gasteiger partial charge in [-0.2, -0.15) is 0 Å². The van der Waals surface area contributed by atoms with Crippen LogP contribution in [0.25, 0.3) is 0 Å². The van der Waals surface area contributed by atoms with Gasteiger partial charge in [0.25, 0.3) is 0 Å². The Labute approximate surface area is 167 Å². The predicted molar refractivity (Wildman–Crippen MR) is 116 cm³/mol. The van der Waals surface area contributed by atoms with Crippen molar-refractivity contribution in [1.29, 1.82) is 5.41 Å². The van der Waals surface area contributed by atoms with Crippen LogP contribution in [0.5, 0.6) is 0 Å². The van der Waals surface area contributed by atoms with Gasteiger partial charge in [-0.15, -0.1) is 0 Å². The number of aryl methyl sites for hydroxylation is 1. The predicted octanol–water partition coefficient (Wildman–Crippen LogP) is 4.50. The molecular weight excluding hydrogens is 344 g/mol. The van der Waals surface area contributed by atoms with Crippen molar-refractivity contribution in [2.24, 2.45) is 0 Å². The van der Waals surface area contributed by atoms with E-state index in [2.05, 4.69) is 57.9 Å². The Morgan fingerprint density at radius 2 is 2.00 bits per heavy atom. The topological polar surface area (TPSA) is 52.9 Å².